The van der Waals surface area contributed by atoms with E-state index in [9.17, 15) is 0 Å². The van der Waals surface area contributed by atoms with Gasteiger partial charge in [-0.3, -0.25) is 0 Å². The average molecular weight is 1700 g/mol. The number of hydrogen-bond acceptors (Lipinski definition) is 23. The normalized spacial score (nSPS) is 10.1. The zero-order chi connectivity index (χ0) is 86.9. The van der Waals surface area contributed by atoms with Crippen molar-refractivity contribution in [2.45, 2.75) is 25.7 Å². The molecular formula is C100H79BrN12O11. The van der Waals surface area contributed by atoms with Crippen molar-refractivity contribution in [3.63, 3.8) is 0 Å². The molecule has 0 aliphatic rings. The molecule has 23 nitrogen and oxygen atoms in total. The number of ether oxygens (including phenoxy) is 11. The lowest BCUT2D eigenvalue weighted by molar-refractivity contribution is 0.297. The van der Waals surface area contributed by atoms with E-state index in [1.807, 2.05) is 224 Å². The van der Waals surface area contributed by atoms with Gasteiger partial charge < -0.3 is 52.1 Å². The number of methoxy groups -OCH3 is 2. The minimum atomic E-state index is -0.0946. The fourth-order valence-electron chi connectivity index (χ4n) is 11.9. The predicted molar refractivity (Wildman–Crippen MR) is 484 cm³/mol. The Bertz CT molecular complexity index is 6330. The van der Waals surface area contributed by atoms with Gasteiger partial charge in [0.2, 0.25) is 29.4 Å². The molecule has 0 fully saturated rings. The van der Waals surface area contributed by atoms with Gasteiger partial charge in [0, 0.05) is 33.1 Å². The number of halogens is 1. The number of terminal acetylenes is 6. The van der Waals surface area contributed by atoms with Crippen LogP contribution in [0.2, 0.25) is 0 Å². The van der Waals surface area contributed by atoms with Crippen molar-refractivity contribution >= 4 is 70.4 Å². The zero-order valence-electron chi connectivity index (χ0n) is 67.6. The molecule has 0 saturated heterocycles. The summed E-state index contributed by atoms with van der Waals surface area (Å²) in [5.74, 6) is 23.7. The van der Waals surface area contributed by atoms with Crippen LogP contribution in [0, 0.1) is 96.7 Å². The number of benzene rings is 10. The van der Waals surface area contributed by atoms with Gasteiger partial charge in [-0.1, -0.05) is 125 Å². The number of aromatic nitrogens is 10. The Morgan fingerprint density at radius 1 is 0.266 bits per heavy atom. The second kappa shape index (κ2) is 47.2. The molecule has 0 saturated carbocycles. The maximum atomic E-state index is 8.79. The molecule has 124 heavy (non-hydrogen) atoms. The lowest BCUT2D eigenvalue weighted by atomic mass is 10.1. The van der Waals surface area contributed by atoms with Crippen LogP contribution in [0.4, 0.5) is 0 Å². The molecule has 612 valence electrons. The van der Waals surface area contributed by atoms with Gasteiger partial charge in [-0.15, -0.1) is 38.5 Å². The van der Waals surface area contributed by atoms with Crippen molar-refractivity contribution in [2.24, 2.45) is 0 Å². The summed E-state index contributed by atoms with van der Waals surface area (Å²) in [7, 11) is 3.15. The second-order valence-electron chi connectivity index (χ2n) is 25.8. The second-order valence-corrected chi connectivity index (χ2v) is 26.6. The van der Waals surface area contributed by atoms with Crippen LogP contribution in [-0.4, -0.2) is 129 Å². The molecule has 0 aliphatic carbocycles. The summed E-state index contributed by atoms with van der Waals surface area (Å²) in [6.45, 7) is 1.74. The molecule has 0 aliphatic heterocycles. The molecule has 15 aromatic rings. The van der Waals surface area contributed by atoms with Gasteiger partial charge in [-0.2, -0.15) is 35.4 Å². The van der Waals surface area contributed by atoms with E-state index in [1.165, 1.54) is 12.8 Å². The number of nitriles is 2. The summed E-state index contributed by atoms with van der Waals surface area (Å²) in [6.07, 6.45) is 35.8. The van der Waals surface area contributed by atoms with Crippen LogP contribution in [0.5, 0.6) is 63.9 Å². The maximum absolute atomic E-state index is 8.79. The standard InChI is InChI=1S/C23H23BrN2O2.C20H15N3O3.C20H14N2O2.C19H13N3O2.C18H14N2O2/c1-2-16-27-19-13-11-18(12-14-19)22-25-21-10-6-5-9-20(21)23(26-22)28-17-8-4-3-7-15-24;1-3-11-25-17-9-8-14(13-18(17)24-2)19-22-16-7-5-4-6-15(16)20(23-19)26-12-10-21;1-3-13-23-16-11-9-15(10-12-16)19-21-18-8-6-5-7-17(18)20(22-19)24-14-4-2;1-2-12-23-15-9-7-14(8-10-15)18-21-17-6-4-3-5-16(17)19(22-18)24-13-11-20;1-3-12-22-14-10-8-13(9-11-14)17-19-16-7-5-4-6-15(16)18(20-17)21-2/h1,5-6,9-14H,3-4,7-8,15-17H2;1,4-9,13H,11-12H2,2H3;1-2,5-12H,13-14H2;1,3-10H,12-13H2;1,4-11H,12H2,2H3. The third-order valence-electron chi connectivity index (χ3n) is 17.6. The molecule has 0 amide bonds. The fourth-order valence-corrected chi connectivity index (χ4v) is 12.3. The molecule has 0 atom stereocenters. The van der Waals surface area contributed by atoms with Gasteiger partial charge in [-0.05, 0) is 189 Å². The Labute approximate surface area is 726 Å². The first-order valence-electron chi connectivity index (χ1n) is 38.6. The Balaban J connectivity index is 0.000000151. The molecule has 0 bridgehead atoms. The minimum Gasteiger partial charge on any atom is -0.493 e. The van der Waals surface area contributed by atoms with Crippen molar-refractivity contribution in [3.05, 3.63) is 237 Å². The minimum absolute atomic E-state index is 0.0701. The lowest BCUT2D eigenvalue weighted by Gasteiger charge is -2.12. The molecule has 0 radical (unpaired) electrons. The van der Waals surface area contributed by atoms with Crippen LogP contribution < -0.4 is 52.1 Å². The molecule has 5 heterocycles. The third kappa shape index (κ3) is 24.8. The Morgan fingerprint density at radius 2 is 0.540 bits per heavy atom. The number of nitrogens with zero attached hydrogens (tertiary/aromatic N) is 12. The highest BCUT2D eigenvalue weighted by molar-refractivity contribution is 9.09. The zero-order valence-corrected chi connectivity index (χ0v) is 69.2. The number of unbranched alkanes of at least 4 members (excludes halogenated alkanes) is 3. The summed E-state index contributed by atoms with van der Waals surface area (Å²) in [5.41, 5.74) is 8.16. The Hall–Kier alpha value is -16.5. The Morgan fingerprint density at radius 3 is 0.855 bits per heavy atom. The summed E-state index contributed by atoms with van der Waals surface area (Å²) in [5, 5.41) is 22.7. The number of fused-ring (bicyclic) bond motifs is 5. The number of hydrogen-bond donors (Lipinski definition) is 0. The lowest BCUT2D eigenvalue weighted by Crippen LogP contribution is -2.02. The Kier molecular flexibility index (Phi) is 33.6. The van der Waals surface area contributed by atoms with Crippen LogP contribution in [0.25, 0.3) is 111 Å². The van der Waals surface area contributed by atoms with Gasteiger partial charge in [0.05, 0.1) is 75.3 Å². The highest BCUT2D eigenvalue weighted by Crippen LogP contribution is 2.36. The van der Waals surface area contributed by atoms with Crippen LogP contribution in [0.15, 0.2) is 237 Å². The molecule has 5 aromatic heterocycles. The molecule has 15 rings (SSSR count). The van der Waals surface area contributed by atoms with Crippen LogP contribution in [0.3, 0.4) is 0 Å². The van der Waals surface area contributed by atoms with Gasteiger partial charge in [0.25, 0.3) is 0 Å². The summed E-state index contributed by atoms with van der Waals surface area (Å²) < 4.78 is 60.2. The van der Waals surface area contributed by atoms with E-state index in [2.05, 4.69) is 96.3 Å². The van der Waals surface area contributed by atoms with E-state index >= 15 is 0 Å². The van der Waals surface area contributed by atoms with E-state index in [0.717, 1.165) is 112 Å². The number of rotatable bonds is 30. The molecule has 10 aromatic carbocycles. The highest BCUT2D eigenvalue weighted by atomic mass is 79.9. The van der Waals surface area contributed by atoms with Crippen molar-refractivity contribution < 1.29 is 52.1 Å². The quantitative estimate of drug-likeness (QED) is 0.0230. The monoisotopic (exact) mass is 1700 g/mol. The third-order valence-corrected chi connectivity index (χ3v) is 18.2. The topological polar surface area (TPSA) is 278 Å². The summed E-state index contributed by atoms with van der Waals surface area (Å²) in [6, 6.07) is 77.3. The van der Waals surface area contributed by atoms with Gasteiger partial charge >= 0.3 is 0 Å². The molecular weight excluding hydrogens is 1630 g/mol. The highest BCUT2D eigenvalue weighted by Gasteiger charge is 2.18. The largest absolute Gasteiger partial charge is 0.493 e. The fraction of sp³-hybridized carbons (Fsp3) is 0.160. The van der Waals surface area contributed by atoms with E-state index < -0.39 is 0 Å². The van der Waals surface area contributed by atoms with Crippen molar-refractivity contribution in [3.8, 4) is 207 Å². The van der Waals surface area contributed by atoms with E-state index in [0.29, 0.717) is 88.1 Å². The SMILES string of the molecule is C#CCOc1ccc(-c2nc(OC)c3ccccc3n2)cc1.C#CCOc1ccc(-c2nc(OCC#C)c3ccccc3n2)cc1.C#CCOc1ccc(-c2nc(OCC#N)c3ccccc3n2)cc1.C#CCOc1ccc(-c2nc(OCC#N)c3ccccc3n2)cc1OC.C#CCOc1ccc(-c2nc(OCCCCCCBr)c3ccccc3n2)cc1. The maximum Gasteiger partial charge on any atom is 0.226 e. The van der Waals surface area contributed by atoms with E-state index in [-0.39, 0.29) is 52.9 Å². The van der Waals surface area contributed by atoms with Gasteiger partial charge in [0.15, 0.2) is 60.4 Å². The average Bonchev–Trinajstić information content (AvgIpc) is 0.817. The first-order chi connectivity index (χ1) is 61.0. The molecule has 0 unspecified atom stereocenters. The first-order valence-corrected chi connectivity index (χ1v) is 39.7. The van der Waals surface area contributed by atoms with E-state index in [1.54, 1.807) is 38.5 Å². The molecule has 0 spiro atoms. The number of alkyl halides is 1. The van der Waals surface area contributed by atoms with Crippen LogP contribution >= 0.6 is 15.9 Å². The number of para-hydroxylation sites is 5. The predicted octanol–water partition coefficient (Wildman–Crippen LogP) is 18.7. The molecule has 0 N–H and O–H groups in total. The first kappa shape index (κ1) is 88.3. The smallest absolute Gasteiger partial charge is 0.226 e. The van der Waals surface area contributed by atoms with Crippen molar-refractivity contribution in [1.29, 1.82) is 10.5 Å². The van der Waals surface area contributed by atoms with Crippen LogP contribution in [-0.2, 0) is 0 Å². The molecule has 24 heteroatoms. The van der Waals surface area contributed by atoms with Crippen LogP contribution in [0.1, 0.15) is 25.7 Å². The van der Waals surface area contributed by atoms with Crippen molar-refractivity contribution in [2.75, 3.05) is 79.0 Å². The van der Waals surface area contributed by atoms with E-state index in [4.69, 9.17) is 106 Å². The summed E-state index contributed by atoms with van der Waals surface area (Å²) >= 11 is 3.46. The summed E-state index contributed by atoms with van der Waals surface area (Å²) in [4.78, 5) is 45.6. The van der Waals surface area contributed by atoms with Gasteiger partial charge in [0.1, 0.15) is 68.2 Å². The van der Waals surface area contributed by atoms with Crippen molar-refractivity contribution in [1.82, 2.24) is 49.8 Å². The van der Waals surface area contributed by atoms with Gasteiger partial charge in [-0.25, -0.2) is 24.9 Å².